The number of aromatic nitrogens is 1. The number of hydrogen-bond acceptors (Lipinski definition) is 3. The second kappa shape index (κ2) is 10.1. The quantitative estimate of drug-likeness (QED) is 0.346. The number of pyridine rings is 1. The van der Waals surface area contributed by atoms with Crippen LogP contribution in [-0.2, 0) is 27.8 Å². The van der Waals surface area contributed by atoms with Crippen molar-refractivity contribution >= 4 is 27.6 Å². The van der Waals surface area contributed by atoms with Gasteiger partial charge in [-0.25, -0.2) is 9.37 Å². The third-order valence-electron chi connectivity index (χ3n) is 6.46. The predicted octanol–water partition coefficient (Wildman–Crippen LogP) is 5.73. The number of carbonyl (C=O) groups excluding carboxylic acids is 1. The number of halogens is 1. The Morgan fingerprint density at radius 1 is 1.03 bits per heavy atom. The molecule has 0 radical (unpaired) electrons. The fourth-order valence-corrected chi connectivity index (χ4v) is 5.42. The average Bonchev–Trinajstić information content (AvgIpc) is 3.69. The first-order valence-electron chi connectivity index (χ1n) is 11.8. The highest BCUT2D eigenvalue weighted by Crippen LogP contribution is 2.41. The minimum absolute atomic E-state index is 0.133. The number of benzene rings is 3. The van der Waals surface area contributed by atoms with E-state index in [2.05, 4.69) is 5.32 Å². The van der Waals surface area contributed by atoms with Crippen LogP contribution in [0.25, 0.3) is 22.2 Å². The molecule has 6 heteroatoms. The van der Waals surface area contributed by atoms with Gasteiger partial charge in [-0.1, -0.05) is 60.7 Å². The van der Waals surface area contributed by atoms with Gasteiger partial charge < -0.3 is 5.32 Å². The first-order chi connectivity index (χ1) is 17.0. The van der Waals surface area contributed by atoms with E-state index in [1.165, 1.54) is 12.1 Å². The van der Waals surface area contributed by atoms with E-state index in [-0.39, 0.29) is 24.2 Å². The molecule has 1 aliphatic carbocycles. The van der Waals surface area contributed by atoms with Gasteiger partial charge in [-0.15, -0.1) is 0 Å². The molecule has 35 heavy (non-hydrogen) atoms. The number of para-hydroxylation sites is 1. The monoisotopic (exact) mass is 486 g/mol. The van der Waals surface area contributed by atoms with E-state index in [1.807, 2.05) is 60.7 Å². The van der Waals surface area contributed by atoms with Crippen molar-refractivity contribution in [2.45, 2.75) is 31.1 Å². The molecule has 0 aliphatic heterocycles. The van der Waals surface area contributed by atoms with Gasteiger partial charge in [0.2, 0.25) is 5.91 Å². The molecular formula is C29H27FN2O2S. The molecule has 1 fully saturated rings. The van der Waals surface area contributed by atoms with E-state index in [0.717, 1.165) is 51.7 Å². The maximum atomic E-state index is 13.9. The minimum atomic E-state index is -1.12. The Kier molecular flexibility index (Phi) is 6.73. The van der Waals surface area contributed by atoms with Gasteiger partial charge >= 0.3 is 0 Å². The van der Waals surface area contributed by atoms with E-state index in [0.29, 0.717) is 11.7 Å². The van der Waals surface area contributed by atoms with Crippen molar-refractivity contribution in [1.82, 2.24) is 10.3 Å². The van der Waals surface area contributed by atoms with Gasteiger partial charge in [-0.3, -0.25) is 9.00 Å². The molecule has 4 nitrogen and oxygen atoms in total. The molecule has 1 N–H and O–H groups in total. The van der Waals surface area contributed by atoms with Crippen molar-refractivity contribution in [2.24, 2.45) is 5.92 Å². The van der Waals surface area contributed by atoms with Crippen molar-refractivity contribution in [2.75, 3.05) is 6.26 Å². The third-order valence-corrected chi connectivity index (χ3v) is 7.16. The highest BCUT2D eigenvalue weighted by molar-refractivity contribution is 7.83. The maximum absolute atomic E-state index is 13.9. The molecular weight excluding hydrogens is 459 g/mol. The molecule has 1 amide bonds. The van der Waals surface area contributed by atoms with Gasteiger partial charge in [0.25, 0.3) is 0 Å². The predicted molar refractivity (Wildman–Crippen MR) is 139 cm³/mol. The van der Waals surface area contributed by atoms with E-state index in [9.17, 15) is 13.4 Å². The van der Waals surface area contributed by atoms with Crippen molar-refractivity contribution in [3.05, 3.63) is 101 Å². The molecule has 5 rings (SSSR count). The number of amides is 1. The Bertz CT molecular complexity index is 1400. The van der Waals surface area contributed by atoms with Crippen molar-refractivity contribution in [3.8, 4) is 11.3 Å². The average molecular weight is 487 g/mol. The molecule has 4 aromatic rings. The van der Waals surface area contributed by atoms with Crippen LogP contribution >= 0.6 is 0 Å². The van der Waals surface area contributed by atoms with Crippen LogP contribution in [0.15, 0.2) is 78.9 Å². The molecule has 2 unspecified atom stereocenters. The molecule has 178 valence electrons. The molecule has 0 bridgehead atoms. The summed E-state index contributed by atoms with van der Waals surface area (Å²) in [5.74, 6) is 0.186. The summed E-state index contributed by atoms with van der Waals surface area (Å²) in [7, 11) is -1.12. The Balaban J connectivity index is 1.56. The summed E-state index contributed by atoms with van der Waals surface area (Å²) in [5, 5.41) is 4.06. The van der Waals surface area contributed by atoms with Crippen LogP contribution in [0.3, 0.4) is 0 Å². The van der Waals surface area contributed by atoms with E-state index in [4.69, 9.17) is 4.98 Å². The van der Waals surface area contributed by atoms with Crippen LogP contribution in [0, 0.1) is 11.7 Å². The van der Waals surface area contributed by atoms with Crippen LogP contribution in [0.2, 0.25) is 0 Å². The Morgan fingerprint density at radius 3 is 2.49 bits per heavy atom. The molecule has 1 aliphatic rings. The zero-order valence-electron chi connectivity index (χ0n) is 19.5. The SMILES string of the molecule is CS(=O)Cc1c(-c2ccccc2)nc2ccccc2c1CC(=O)NC(c1cccc(F)c1)C1CC1. The summed E-state index contributed by atoms with van der Waals surface area (Å²) in [5.41, 5.74) is 4.95. The number of rotatable bonds is 8. The molecule has 1 heterocycles. The smallest absolute Gasteiger partial charge is 0.224 e. The highest BCUT2D eigenvalue weighted by Gasteiger charge is 2.34. The van der Waals surface area contributed by atoms with Gasteiger partial charge in [-0.05, 0) is 53.6 Å². The van der Waals surface area contributed by atoms with Gasteiger partial charge in [0.15, 0.2) is 0 Å². The standard InChI is InChI=1S/C29H27FN2O2S/c1-35(34)18-25-24(17-27(33)32-28(20-14-15-20)21-10-7-11-22(30)16-21)23-12-5-6-13-26(23)31-29(25)19-8-3-2-4-9-19/h2-13,16,20,28H,14-15,17-18H2,1H3,(H,32,33). The van der Waals surface area contributed by atoms with Crippen LogP contribution in [0.1, 0.15) is 35.6 Å². The number of fused-ring (bicyclic) bond motifs is 1. The van der Waals surface area contributed by atoms with E-state index >= 15 is 0 Å². The summed E-state index contributed by atoms with van der Waals surface area (Å²) in [4.78, 5) is 18.4. The number of hydrogen-bond donors (Lipinski definition) is 1. The van der Waals surface area contributed by atoms with Gasteiger partial charge in [0, 0.05) is 28.0 Å². The maximum Gasteiger partial charge on any atom is 0.224 e. The fourth-order valence-electron chi connectivity index (χ4n) is 4.70. The summed E-state index contributed by atoms with van der Waals surface area (Å²) in [6, 6.07) is 23.8. The first-order valence-corrected chi connectivity index (χ1v) is 13.5. The molecule has 1 aromatic heterocycles. The summed E-state index contributed by atoms with van der Waals surface area (Å²) >= 11 is 0. The lowest BCUT2D eigenvalue weighted by atomic mass is 9.95. The lowest BCUT2D eigenvalue weighted by Crippen LogP contribution is -2.31. The normalized spacial score (nSPS) is 15.0. The number of carbonyl (C=O) groups is 1. The fraction of sp³-hybridized carbons (Fsp3) is 0.241. The molecule has 2 atom stereocenters. The van der Waals surface area contributed by atoms with Crippen molar-refractivity contribution in [3.63, 3.8) is 0 Å². The molecule has 0 saturated heterocycles. The van der Waals surface area contributed by atoms with Crippen LogP contribution in [0.5, 0.6) is 0 Å². The third kappa shape index (κ3) is 5.33. The van der Waals surface area contributed by atoms with E-state index in [1.54, 1.807) is 12.3 Å². The van der Waals surface area contributed by atoms with Gasteiger partial charge in [0.05, 0.1) is 29.4 Å². The Hall–Kier alpha value is -3.38. The lowest BCUT2D eigenvalue weighted by molar-refractivity contribution is -0.121. The minimum Gasteiger partial charge on any atom is -0.349 e. The summed E-state index contributed by atoms with van der Waals surface area (Å²) < 4.78 is 26.3. The van der Waals surface area contributed by atoms with E-state index < -0.39 is 10.8 Å². The zero-order valence-corrected chi connectivity index (χ0v) is 20.4. The summed E-state index contributed by atoms with van der Waals surface area (Å²) in [6.07, 6.45) is 3.82. The summed E-state index contributed by atoms with van der Waals surface area (Å²) in [6.45, 7) is 0. The van der Waals surface area contributed by atoms with Crippen LogP contribution < -0.4 is 5.32 Å². The van der Waals surface area contributed by atoms with Crippen molar-refractivity contribution in [1.29, 1.82) is 0 Å². The second-order valence-electron chi connectivity index (χ2n) is 9.13. The number of nitrogens with one attached hydrogen (secondary N) is 1. The second-order valence-corrected chi connectivity index (χ2v) is 10.6. The van der Waals surface area contributed by atoms with Crippen LogP contribution in [0.4, 0.5) is 4.39 Å². The Morgan fingerprint density at radius 2 is 1.77 bits per heavy atom. The number of nitrogens with zero attached hydrogens (tertiary/aromatic N) is 1. The molecule has 0 spiro atoms. The topological polar surface area (TPSA) is 59.1 Å². The van der Waals surface area contributed by atoms with Gasteiger partial charge in [-0.2, -0.15) is 0 Å². The van der Waals surface area contributed by atoms with Crippen LogP contribution in [-0.4, -0.2) is 21.4 Å². The molecule has 1 saturated carbocycles. The van der Waals surface area contributed by atoms with Gasteiger partial charge in [0.1, 0.15) is 5.82 Å². The Labute approximate surface area is 207 Å². The highest BCUT2D eigenvalue weighted by atomic mass is 32.2. The molecule has 3 aromatic carbocycles. The first kappa shape index (κ1) is 23.4. The van der Waals surface area contributed by atoms with Crippen molar-refractivity contribution < 1.29 is 13.4 Å². The largest absolute Gasteiger partial charge is 0.349 e. The lowest BCUT2D eigenvalue weighted by Gasteiger charge is -2.21. The zero-order chi connectivity index (χ0) is 24.4.